The van der Waals surface area contributed by atoms with Crippen LogP contribution in [0.1, 0.15) is 33.1 Å². The van der Waals surface area contributed by atoms with Gasteiger partial charge in [0.1, 0.15) is 11.9 Å². The molecule has 3 aliphatic rings. The molecule has 0 saturated carbocycles. The third-order valence-electron chi connectivity index (χ3n) is 4.88. The summed E-state index contributed by atoms with van der Waals surface area (Å²) in [5.74, 6) is 1.39. The number of hydrogen-bond donors (Lipinski definition) is 0. The van der Waals surface area contributed by atoms with Gasteiger partial charge in [0.25, 0.3) is 0 Å². The Morgan fingerprint density at radius 3 is 3.05 bits per heavy atom. The number of esters is 1. The minimum atomic E-state index is -0.269. The third kappa shape index (κ3) is 2.77. The van der Waals surface area contributed by atoms with Crippen LogP contribution in [0.4, 0.5) is 0 Å². The summed E-state index contributed by atoms with van der Waals surface area (Å²) in [4.78, 5) is 11.3. The molecule has 1 aliphatic heterocycles. The van der Waals surface area contributed by atoms with Gasteiger partial charge in [0.15, 0.2) is 0 Å². The lowest BCUT2D eigenvalue weighted by Gasteiger charge is -2.36. The molecule has 1 fully saturated rings. The van der Waals surface area contributed by atoms with Gasteiger partial charge in [-0.2, -0.15) is 0 Å². The van der Waals surface area contributed by atoms with Gasteiger partial charge in [-0.15, -0.1) is 0 Å². The predicted octanol–water partition coefficient (Wildman–Crippen LogP) is 3.15. The van der Waals surface area contributed by atoms with E-state index in [1.54, 1.807) is 7.11 Å². The third-order valence-corrected chi connectivity index (χ3v) is 4.88. The molecule has 4 heteroatoms. The topological polar surface area (TPSA) is 44.8 Å². The Morgan fingerprint density at radius 1 is 1.50 bits per heavy atom. The monoisotopic (exact) mass is 304 g/mol. The van der Waals surface area contributed by atoms with E-state index in [-0.39, 0.29) is 18.2 Å². The van der Waals surface area contributed by atoms with Gasteiger partial charge in [0.05, 0.1) is 12.7 Å². The second-order valence-corrected chi connectivity index (χ2v) is 6.30. The minimum Gasteiger partial charge on any atom is -0.429 e. The zero-order valence-corrected chi connectivity index (χ0v) is 13.5. The van der Waals surface area contributed by atoms with E-state index >= 15 is 0 Å². The van der Waals surface area contributed by atoms with Crippen LogP contribution < -0.4 is 0 Å². The molecule has 120 valence electrons. The van der Waals surface area contributed by atoms with Gasteiger partial charge >= 0.3 is 5.97 Å². The highest BCUT2D eigenvalue weighted by molar-refractivity contribution is 5.67. The highest BCUT2D eigenvalue weighted by atomic mass is 16.6. The summed E-state index contributed by atoms with van der Waals surface area (Å²) in [7, 11) is 1.70. The molecule has 0 amide bonds. The molecule has 0 N–H and O–H groups in total. The van der Waals surface area contributed by atoms with Gasteiger partial charge in [-0.1, -0.05) is 12.2 Å². The maximum Gasteiger partial charge on any atom is 0.307 e. The minimum absolute atomic E-state index is 0.0806. The van der Waals surface area contributed by atoms with Gasteiger partial charge in [-0.3, -0.25) is 4.79 Å². The van der Waals surface area contributed by atoms with Crippen molar-refractivity contribution in [1.82, 2.24) is 0 Å². The molecule has 3 unspecified atom stereocenters. The molecule has 0 aromatic heterocycles. The molecule has 0 aromatic rings. The van der Waals surface area contributed by atoms with Gasteiger partial charge < -0.3 is 14.2 Å². The first kappa shape index (κ1) is 15.5. The molecule has 0 aromatic carbocycles. The zero-order valence-electron chi connectivity index (χ0n) is 13.5. The van der Waals surface area contributed by atoms with Gasteiger partial charge in [-0.05, 0) is 49.3 Å². The van der Waals surface area contributed by atoms with Crippen LogP contribution in [0.2, 0.25) is 0 Å². The largest absolute Gasteiger partial charge is 0.429 e. The van der Waals surface area contributed by atoms with Crippen molar-refractivity contribution in [2.24, 2.45) is 11.8 Å². The highest BCUT2D eigenvalue weighted by Crippen LogP contribution is 2.51. The van der Waals surface area contributed by atoms with Crippen molar-refractivity contribution in [1.29, 1.82) is 0 Å². The van der Waals surface area contributed by atoms with E-state index in [1.807, 2.05) is 0 Å². The molecule has 4 nitrogen and oxygen atoms in total. The van der Waals surface area contributed by atoms with Gasteiger partial charge in [0.2, 0.25) is 0 Å². The Kier molecular flexibility index (Phi) is 4.50. The standard InChI is InChI=1S/C18H24O4/c1-11-16-13(5-4-10-20-3)6-7-14-8-9-15(22-12(2)19)18(21-11)17(14)16/h4-5,9,11,14,17-18H,6-8,10H2,1-3H3/b5-4-/t11?,14?,17?,18-/m1/s1. The summed E-state index contributed by atoms with van der Waals surface area (Å²) in [6.07, 6.45) is 9.50. The quantitative estimate of drug-likeness (QED) is 0.748. The molecule has 0 radical (unpaired) electrons. The molecule has 1 saturated heterocycles. The first-order valence-corrected chi connectivity index (χ1v) is 8.04. The molecule has 0 bridgehead atoms. The van der Waals surface area contributed by atoms with Gasteiger partial charge in [0, 0.05) is 20.0 Å². The summed E-state index contributed by atoms with van der Waals surface area (Å²) >= 11 is 0. The molecule has 2 aliphatic carbocycles. The van der Waals surface area contributed by atoms with Crippen LogP contribution in [0.25, 0.3) is 0 Å². The van der Waals surface area contributed by atoms with Crippen LogP contribution >= 0.6 is 0 Å². The second kappa shape index (κ2) is 6.39. The number of ether oxygens (including phenoxy) is 3. The summed E-state index contributed by atoms with van der Waals surface area (Å²) < 4.78 is 16.6. The molecule has 3 rings (SSSR count). The van der Waals surface area contributed by atoms with E-state index in [0.29, 0.717) is 24.2 Å². The fourth-order valence-corrected chi connectivity index (χ4v) is 4.08. The van der Waals surface area contributed by atoms with Crippen LogP contribution in [0.5, 0.6) is 0 Å². The number of allylic oxidation sites excluding steroid dienone is 3. The van der Waals surface area contributed by atoms with E-state index in [9.17, 15) is 4.79 Å². The molecule has 4 atom stereocenters. The lowest BCUT2D eigenvalue weighted by atomic mass is 9.68. The van der Waals surface area contributed by atoms with Crippen molar-refractivity contribution >= 4 is 5.97 Å². The van der Waals surface area contributed by atoms with E-state index in [2.05, 4.69) is 25.2 Å². The van der Waals surface area contributed by atoms with Crippen LogP contribution in [-0.4, -0.2) is 31.9 Å². The fourth-order valence-electron chi connectivity index (χ4n) is 4.08. The summed E-state index contributed by atoms with van der Waals surface area (Å²) in [5.41, 5.74) is 2.77. The Morgan fingerprint density at radius 2 is 2.32 bits per heavy atom. The normalized spacial score (nSPS) is 33.9. The average molecular weight is 304 g/mol. The lowest BCUT2D eigenvalue weighted by molar-refractivity contribution is -0.139. The number of carbonyl (C=O) groups excluding carboxylic acids is 1. The Hall–Kier alpha value is -1.39. The van der Waals surface area contributed by atoms with E-state index in [1.165, 1.54) is 18.1 Å². The Labute approximate surface area is 131 Å². The van der Waals surface area contributed by atoms with Crippen LogP contribution in [-0.2, 0) is 19.0 Å². The number of rotatable bonds is 4. The maximum absolute atomic E-state index is 11.3. The molecule has 1 heterocycles. The predicted molar refractivity (Wildman–Crippen MR) is 83.1 cm³/mol. The fraction of sp³-hybridized carbons (Fsp3) is 0.611. The number of carbonyl (C=O) groups is 1. The molecular weight excluding hydrogens is 280 g/mol. The Balaban J connectivity index is 1.90. The zero-order chi connectivity index (χ0) is 15.7. The van der Waals surface area contributed by atoms with Crippen LogP contribution in [0.3, 0.4) is 0 Å². The van der Waals surface area contributed by atoms with Crippen molar-refractivity contribution < 1.29 is 19.0 Å². The van der Waals surface area contributed by atoms with Gasteiger partial charge in [-0.25, -0.2) is 0 Å². The summed E-state index contributed by atoms with van der Waals surface area (Å²) in [6, 6.07) is 0. The summed E-state index contributed by atoms with van der Waals surface area (Å²) in [5, 5.41) is 0. The molecule has 0 spiro atoms. The number of hydrogen-bond acceptors (Lipinski definition) is 4. The van der Waals surface area contributed by atoms with Crippen molar-refractivity contribution in [3.05, 3.63) is 35.1 Å². The van der Waals surface area contributed by atoms with E-state index in [4.69, 9.17) is 14.2 Å². The van der Waals surface area contributed by atoms with Crippen molar-refractivity contribution in [3.63, 3.8) is 0 Å². The number of methoxy groups -OCH3 is 1. The van der Waals surface area contributed by atoms with Crippen LogP contribution in [0, 0.1) is 11.8 Å². The SMILES string of the molecule is COC/C=C\C1=C2C(C)O[C@@H]3C(OC(C)=O)=CCC(CC1)C23. The van der Waals surface area contributed by atoms with E-state index in [0.717, 1.165) is 19.3 Å². The smallest absolute Gasteiger partial charge is 0.307 e. The first-order valence-electron chi connectivity index (χ1n) is 8.04. The van der Waals surface area contributed by atoms with Crippen molar-refractivity contribution in [2.75, 3.05) is 13.7 Å². The van der Waals surface area contributed by atoms with Crippen LogP contribution in [0.15, 0.2) is 35.1 Å². The first-order chi connectivity index (χ1) is 10.6. The van der Waals surface area contributed by atoms with Crippen molar-refractivity contribution in [2.45, 2.75) is 45.3 Å². The van der Waals surface area contributed by atoms with E-state index < -0.39 is 0 Å². The average Bonchev–Trinajstić information content (AvgIpc) is 2.83. The van der Waals surface area contributed by atoms with Crippen molar-refractivity contribution in [3.8, 4) is 0 Å². The molecular formula is C18H24O4. The molecule has 22 heavy (non-hydrogen) atoms. The lowest BCUT2D eigenvalue weighted by Crippen LogP contribution is -2.34. The highest BCUT2D eigenvalue weighted by Gasteiger charge is 2.49. The second-order valence-electron chi connectivity index (χ2n) is 6.30. The maximum atomic E-state index is 11.3. The summed E-state index contributed by atoms with van der Waals surface area (Å²) in [6.45, 7) is 4.18. The Bertz CT molecular complexity index is 543.